The molecule has 1 aromatic carbocycles. The van der Waals surface area contributed by atoms with Gasteiger partial charge in [0.25, 0.3) is 9.04 Å². The highest BCUT2D eigenvalue weighted by molar-refractivity contribution is 6.58. The van der Waals surface area contributed by atoms with Crippen molar-refractivity contribution in [3.05, 3.63) is 24.3 Å². The summed E-state index contributed by atoms with van der Waals surface area (Å²) in [5.41, 5.74) is 0.459. The van der Waals surface area contributed by atoms with Crippen LogP contribution >= 0.6 is 0 Å². The summed E-state index contributed by atoms with van der Waals surface area (Å²) in [4.78, 5) is 0. The minimum atomic E-state index is -1.44. The van der Waals surface area contributed by atoms with Crippen molar-refractivity contribution < 1.29 is 14.5 Å². The molecule has 16 heavy (non-hydrogen) atoms. The fourth-order valence-electron chi connectivity index (χ4n) is 1.07. The first-order chi connectivity index (χ1) is 7.30. The number of rotatable bonds is 3. The van der Waals surface area contributed by atoms with Crippen molar-refractivity contribution in [3.63, 3.8) is 0 Å². The molecule has 0 saturated heterocycles. The summed E-state index contributed by atoms with van der Waals surface area (Å²) in [6, 6.07) is 6.94. The largest absolute Gasteiger partial charge is 0.542 e. The maximum absolute atomic E-state index is 9.05. The summed E-state index contributed by atoms with van der Waals surface area (Å²) >= 11 is 0. The molecule has 0 spiro atoms. The molecule has 0 bridgehead atoms. The van der Waals surface area contributed by atoms with Gasteiger partial charge in [-0.1, -0.05) is 32.9 Å². The van der Waals surface area contributed by atoms with E-state index in [9.17, 15) is 0 Å². The lowest BCUT2D eigenvalue weighted by atomic mass is 9.80. The maximum atomic E-state index is 9.05. The Kier molecular flexibility index (Phi) is 4.18. The summed E-state index contributed by atoms with van der Waals surface area (Å²) in [7, 11) is -2.40. The van der Waals surface area contributed by atoms with Crippen LogP contribution in [0, 0.1) is 0 Å². The van der Waals surface area contributed by atoms with Crippen LogP contribution in [0.2, 0.25) is 11.6 Å². The van der Waals surface area contributed by atoms with Crippen LogP contribution in [0.4, 0.5) is 0 Å². The molecule has 2 N–H and O–H groups in total. The summed E-state index contributed by atoms with van der Waals surface area (Å²) < 4.78 is 5.85. The molecular formula is C11H18BO3Si. The SMILES string of the molecule is C[Si](Oc1cccc(B(O)O)c1)C(C)(C)C. The molecule has 1 rings (SSSR count). The highest BCUT2D eigenvalue weighted by Gasteiger charge is 2.26. The van der Waals surface area contributed by atoms with Crippen LogP contribution in [0.3, 0.4) is 0 Å². The van der Waals surface area contributed by atoms with E-state index in [-0.39, 0.29) is 5.04 Å². The van der Waals surface area contributed by atoms with Crippen LogP contribution in [0.1, 0.15) is 20.8 Å². The fourth-order valence-corrected chi connectivity index (χ4v) is 1.86. The highest BCUT2D eigenvalue weighted by atomic mass is 28.3. The van der Waals surface area contributed by atoms with E-state index in [4.69, 9.17) is 14.5 Å². The van der Waals surface area contributed by atoms with Gasteiger partial charge in [0, 0.05) is 0 Å². The van der Waals surface area contributed by atoms with Crippen LogP contribution in [0.25, 0.3) is 0 Å². The third kappa shape index (κ3) is 3.66. The van der Waals surface area contributed by atoms with Crippen LogP contribution in [0.15, 0.2) is 24.3 Å². The molecule has 0 aromatic heterocycles. The van der Waals surface area contributed by atoms with E-state index >= 15 is 0 Å². The van der Waals surface area contributed by atoms with Gasteiger partial charge in [-0.05, 0) is 29.2 Å². The van der Waals surface area contributed by atoms with Gasteiger partial charge >= 0.3 is 7.12 Å². The van der Waals surface area contributed by atoms with Gasteiger partial charge in [-0.3, -0.25) is 0 Å². The summed E-state index contributed by atoms with van der Waals surface area (Å²) in [6.45, 7) is 8.54. The first-order valence-corrected chi connectivity index (χ1v) is 7.19. The Labute approximate surface area is 99.0 Å². The molecule has 1 aromatic rings. The maximum Gasteiger partial charge on any atom is 0.488 e. The number of benzene rings is 1. The zero-order chi connectivity index (χ0) is 12.3. The zero-order valence-corrected chi connectivity index (χ0v) is 11.2. The Hall–Kier alpha value is -0.778. The second-order valence-corrected chi connectivity index (χ2v) is 7.67. The molecule has 0 amide bonds. The third-order valence-electron chi connectivity index (χ3n) is 2.48. The topological polar surface area (TPSA) is 49.7 Å². The van der Waals surface area contributed by atoms with Crippen molar-refractivity contribution in [3.8, 4) is 5.75 Å². The molecular weight excluding hydrogens is 219 g/mol. The predicted molar refractivity (Wildman–Crippen MR) is 68.2 cm³/mol. The van der Waals surface area contributed by atoms with Gasteiger partial charge in [-0.15, -0.1) is 0 Å². The van der Waals surface area contributed by atoms with Crippen molar-refractivity contribution in [1.29, 1.82) is 0 Å². The Morgan fingerprint density at radius 1 is 1.25 bits per heavy atom. The van der Waals surface area contributed by atoms with Crippen LogP contribution in [-0.4, -0.2) is 26.2 Å². The van der Waals surface area contributed by atoms with Crippen molar-refractivity contribution in [2.24, 2.45) is 0 Å². The van der Waals surface area contributed by atoms with Gasteiger partial charge in [0.2, 0.25) is 0 Å². The lowest BCUT2D eigenvalue weighted by molar-refractivity contribution is 0.425. The van der Waals surface area contributed by atoms with Crippen molar-refractivity contribution in [2.75, 3.05) is 0 Å². The van der Waals surface area contributed by atoms with Gasteiger partial charge in [0.05, 0.1) is 0 Å². The average molecular weight is 237 g/mol. The molecule has 1 radical (unpaired) electrons. The number of hydrogen-bond donors (Lipinski definition) is 2. The quantitative estimate of drug-likeness (QED) is 0.776. The summed E-state index contributed by atoms with van der Waals surface area (Å²) in [6.07, 6.45) is 0. The molecule has 0 aliphatic rings. The molecule has 0 atom stereocenters. The zero-order valence-electron chi connectivity index (χ0n) is 10.2. The lowest BCUT2D eigenvalue weighted by Crippen LogP contribution is -2.32. The van der Waals surface area contributed by atoms with Crippen molar-refractivity contribution in [2.45, 2.75) is 32.4 Å². The molecule has 0 saturated carbocycles. The molecule has 0 unspecified atom stereocenters. The normalized spacial score (nSPS) is 11.7. The van der Waals surface area contributed by atoms with E-state index in [2.05, 4.69) is 27.3 Å². The van der Waals surface area contributed by atoms with Crippen molar-refractivity contribution in [1.82, 2.24) is 0 Å². The van der Waals surface area contributed by atoms with Gasteiger partial charge < -0.3 is 14.5 Å². The molecule has 5 heteroatoms. The van der Waals surface area contributed by atoms with Gasteiger partial charge in [0.1, 0.15) is 5.75 Å². The van der Waals surface area contributed by atoms with Crippen LogP contribution in [0.5, 0.6) is 5.75 Å². The van der Waals surface area contributed by atoms with E-state index < -0.39 is 16.2 Å². The smallest absolute Gasteiger partial charge is 0.488 e. The Morgan fingerprint density at radius 3 is 2.38 bits per heavy atom. The van der Waals surface area contributed by atoms with E-state index in [1.165, 1.54) is 0 Å². The lowest BCUT2D eigenvalue weighted by Gasteiger charge is -2.25. The predicted octanol–water partition coefficient (Wildman–Crippen LogP) is 1.17. The standard InChI is InChI=1S/C11H18BO3Si/c1-11(2,3)16(4)15-10-7-5-6-9(8-10)12(13)14/h5-8,13-14H,1-4H3. The minimum absolute atomic E-state index is 0.151. The monoisotopic (exact) mass is 237 g/mol. The van der Waals surface area contributed by atoms with E-state index in [0.29, 0.717) is 11.2 Å². The van der Waals surface area contributed by atoms with E-state index in [0.717, 1.165) is 0 Å². The second-order valence-electron chi connectivity index (χ2n) is 4.85. The average Bonchev–Trinajstić information content (AvgIpc) is 2.16. The van der Waals surface area contributed by atoms with Gasteiger partial charge in [-0.2, -0.15) is 0 Å². The van der Waals surface area contributed by atoms with Crippen molar-refractivity contribution >= 4 is 21.6 Å². The molecule has 0 aliphatic heterocycles. The molecule has 0 aliphatic carbocycles. The first kappa shape index (κ1) is 13.3. The molecule has 3 nitrogen and oxygen atoms in total. The summed E-state index contributed by atoms with van der Waals surface area (Å²) in [5, 5.41) is 18.3. The summed E-state index contributed by atoms with van der Waals surface area (Å²) in [5.74, 6) is 0.705. The van der Waals surface area contributed by atoms with Crippen LogP contribution in [-0.2, 0) is 0 Å². The van der Waals surface area contributed by atoms with Gasteiger partial charge in [-0.25, -0.2) is 0 Å². The second kappa shape index (κ2) is 5.03. The highest BCUT2D eigenvalue weighted by Crippen LogP contribution is 2.28. The molecule has 0 fully saturated rings. The van der Waals surface area contributed by atoms with Gasteiger partial charge in [0.15, 0.2) is 0 Å². The Morgan fingerprint density at radius 2 is 1.88 bits per heavy atom. The first-order valence-electron chi connectivity index (χ1n) is 5.28. The molecule has 0 heterocycles. The molecule has 87 valence electrons. The number of hydrogen-bond acceptors (Lipinski definition) is 3. The minimum Gasteiger partial charge on any atom is -0.542 e. The third-order valence-corrected chi connectivity index (χ3v) is 5.14. The fraction of sp³-hybridized carbons (Fsp3) is 0.455. The van der Waals surface area contributed by atoms with Crippen LogP contribution < -0.4 is 9.89 Å². The Bertz CT molecular complexity index is 349. The van der Waals surface area contributed by atoms with E-state index in [1.54, 1.807) is 18.2 Å². The van der Waals surface area contributed by atoms with E-state index in [1.807, 2.05) is 6.07 Å². The Balaban J connectivity index is 2.78.